The number of fused-ring (bicyclic) bond motifs is 1. The van der Waals surface area contributed by atoms with Gasteiger partial charge >= 0.3 is 0 Å². The molecule has 0 unspecified atom stereocenters. The molecule has 5 heteroatoms. The Balaban J connectivity index is 1.93. The molecule has 26 heavy (non-hydrogen) atoms. The van der Waals surface area contributed by atoms with Gasteiger partial charge in [0.2, 0.25) is 5.91 Å². The van der Waals surface area contributed by atoms with Crippen molar-refractivity contribution in [3.63, 3.8) is 0 Å². The van der Waals surface area contributed by atoms with Gasteiger partial charge in [0, 0.05) is 11.6 Å². The molecule has 0 spiro atoms. The zero-order chi connectivity index (χ0) is 18.7. The second kappa shape index (κ2) is 7.52. The minimum absolute atomic E-state index is 0.0178. The fourth-order valence-electron chi connectivity index (χ4n) is 3.15. The predicted octanol–water partition coefficient (Wildman–Crippen LogP) is 4.07. The average molecular weight is 349 g/mol. The lowest BCUT2D eigenvalue weighted by molar-refractivity contribution is -0.120. The fourth-order valence-corrected chi connectivity index (χ4v) is 3.15. The molecule has 1 N–H and O–H groups in total. The number of rotatable bonds is 5. The monoisotopic (exact) mass is 349 g/mol. The van der Waals surface area contributed by atoms with E-state index in [9.17, 15) is 9.59 Å². The van der Waals surface area contributed by atoms with Gasteiger partial charge in [-0.2, -0.15) is 0 Å². The Hall–Kier alpha value is -2.95. The van der Waals surface area contributed by atoms with Crippen molar-refractivity contribution in [1.82, 2.24) is 9.55 Å². The van der Waals surface area contributed by atoms with E-state index in [2.05, 4.69) is 10.3 Å². The molecule has 0 aliphatic carbocycles. The Morgan fingerprint density at radius 3 is 2.38 bits per heavy atom. The highest BCUT2D eigenvalue weighted by molar-refractivity contribution is 5.92. The Kier molecular flexibility index (Phi) is 5.16. The molecule has 3 aromatic rings. The van der Waals surface area contributed by atoms with Crippen LogP contribution in [-0.2, 0) is 4.79 Å². The number of carbonyl (C=O) groups excluding carboxylic acids is 1. The van der Waals surface area contributed by atoms with E-state index in [1.807, 2.05) is 63.2 Å². The van der Waals surface area contributed by atoms with Crippen LogP contribution in [0.15, 0.2) is 53.3 Å². The van der Waals surface area contributed by atoms with Crippen molar-refractivity contribution in [2.75, 3.05) is 5.32 Å². The second-order valence-electron chi connectivity index (χ2n) is 6.37. The highest BCUT2D eigenvalue weighted by atomic mass is 16.2. The Morgan fingerprint density at radius 2 is 1.73 bits per heavy atom. The summed E-state index contributed by atoms with van der Waals surface area (Å²) in [6.45, 7) is 5.84. The van der Waals surface area contributed by atoms with Gasteiger partial charge in [0.05, 0.1) is 16.6 Å². The molecule has 134 valence electrons. The maximum Gasteiger partial charge on any atom is 0.265 e. The quantitative estimate of drug-likeness (QED) is 0.755. The van der Waals surface area contributed by atoms with Crippen molar-refractivity contribution >= 4 is 22.5 Å². The van der Waals surface area contributed by atoms with Gasteiger partial charge in [0.1, 0.15) is 5.82 Å². The number of nitrogens with zero attached hydrogens (tertiary/aromatic N) is 2. The number of benzene rings is 2. The van der Waals surface area contributed by atoms with Crippen LogP contribution in [0.1, 0.15) is 32.5 Å². The van der Waals surface area contributed by atoms with Crippen LogP contribution in [-0.4, -0.2) is 15.5 Å². The fraction of sp³-hybridized carbons (Fsp3) is 0.286. The number of carbonyl (C=O) groups is 1. The third kappa shape index (κ3) is 3.38. The first kappa shape index (κ1) is 17.9. The van der Waals surface area contributed by atoms with E-state index in [4.69, 9.17) is 0 Å². The Labute approximate surface area is 152 Å². The van der Waals surface area contributed by atoms with E-state index >= 15 is 0 Å². The number of aromatic nitrogens is 2. The van der Waals surface area contributed by atoms with Gasteiger partial charge in [-0.3, -0.25) is 14.2 Å². The van der Waals surface area contributed by atoms with Crippen molar-refractivity contribution in [3.8, 4) is 5.69 Å². The molecule has 0 saturated carbocycles. The van der Waals surface area contributed by atoms with Crippen LogP contribution in [0, 0.1) is 12.8 Å². The second-order valence-corrected chi connectivity index (χ2v) is 6.37. The topological polar surface area (TPSA) is 64.0 Å². The number of amides is 1. The highest BCUT2D eigenvalue weighted by Crippen LogP contribution is 2.17. The van der Waals surface area contributed by atoms with Crippen molar-refractivity contribution in [2.24, 2.45) is 5.92 Å². The summed E-state index contributed by atoms with van der Waals surface area (Å²) in [5.41, 5.74) is 2.05. The van der Waals surface area contributed by atoms with Gasteiger partial charge in [-0.15, -0.1) is 0 Å². The number of aryl methyl sites for hydroxylation is 1. The zero-order valence-corrected chi connectivity index (χ0v) is 15.3. The summed E-state index contributed by atoms with van der Waals surface area (Å²) in [7, 11) is 0. The molecular formula is C21H23N3O2. The summed E-state index contributed by atoms with van der Waals surface area (Å²) in [6, 6.07) is 14.6. The van der Waals surface area contributed by atoms with Crippen molar-refractivity contribution < 1.29 is 4.79 Å². The molecule has 1 aromatic heterocycles. The van der Waals surface area contributed by atoms with E-state index in [1.54, 1.807) is 10.6 Å². The minimum atomic E-state index is -0.0954. The highest BCUT2D eigenvalue weighted by Gasteiger charge is 2.14. The molecule has 0 fully saturated rings. The van der Waals surface area contributed by atoms with Crippen molar-refractivity contribution in [3.05, 3.63) is 64.7 Å². The first-order chi connectivity index (χ1) is 12.5. The van der Waals surface area contributed by atoms with E-state index in [0.29, 0.717) is 16.7 Å². The normalized spacial score (nSPS) is 11.1. The Morgan fingerprint density at radius 1 is 1.08 bits per heavy atom. The molecule has 0 atom stereocenters. The molecule has 0 saturated heterocycles. The third-order valence-electron chi connectivity index (χ3n) is 4.69. The number of anilines is 1. The number of nitrogens with one attached hydrogen (secondary N) is 1. The number of hydrogen-bond donors (Lipinski definition) is 1. The van der Waals surface area contributed by atoms with Crippen LogP contribution in [0.5, 0.6) is 0 Å². The molecule has 0 aliphatic rings. The molecule has 0 aliphatic heterocycles. The van der Waals surface area contributed by atoms with Crippen LogP contribution in [0.3, 0.4) is 0 Å². The molecule has 1 amide bonds. The summed E-state index contributed by atoms with van der Waals surface area (Å²) in [5.74, 6) is 0.676. The lowest BCUT2D eigenvalue weighted by Crippen LogP contribution is -2.23. The summed E-state index contributed by atoms with van der Waals surface area (Å²) in [6.07, 6.45) is 1.63. The summed E-state index contributed by atoms with van der Waals surface area (Å²) in [5, 5.41) is 3.53. The standard InChI is InChI=1S/C21H23N3O2/c1-4-15(5-2)20(25)23-16-10-12-17(13-11-16)24-14(3)22-19-9-7-6-8-18(19)21(24)26/h6-13,15H,4-5H2,1-3H3,(H,23,25). The summed E-state index contributed by atoms with van der Waals surface area (Å²) >= 11 is 0. The number of para-hydroxylation sites is 1. The molecule has 5 nitrogen and oxygen atoms in total. The third-order valence-corrected chi connectivity index (χ3v) is 4.69. The van der Waals surface area contributed by atoms with Crippen LogP contribution >= 0.6 is 0 Å². The molecule has 2 aromatic carbocycles. The smallest absolute Gasteiger partial charge is 0.265 e. The molecule has 0 radical (unpaired) electrons. The van der Waals surface area contributed by atoms with Gasteiger partial charge < -0.3 is 5.32 Å². The molecular weight excluding hydrogens is 326 g/mol. The van der Waals surface area contributed by atoms with Gasteiger partial charge in [-0.1, -0.05) is 26.0 Å². The summed E-state index contributed by atoms with van der Waals surface area (Å²) in [4.78, 5) is 29.6. The van der Waals surface area contributed by atoms with E-state index in [0.717, 1.165) is 24.2 Å². The lowest BCUT2D eigenvalue weighted by Gasteiger charge is -2.14. The van der Waals surface area contributed by atoms with Crippen LogP contribution < -0.4 is 10.9 Å². The van der Waals surface area contributed by atoms with E-state index < -0.39 is 0 Å². The van der Waals surface area contributed by atoms with Gasteiger partial charge in [-0.05, 0) is 56.2 Å². The first-order valence-electron chi connectivity index (χ1n) is 8.94. The lowest BCUT2D eigenvalue weighted by atomic mass is 10.0. The Bertz CT molecular complexity index is 986. The largest absolute Gasteiger partial charge is 0.326 e. The first-order valence-corrected chi connectivity index (χ1v) is 8.94. The van der Waals surface area contributed by atoms with Gasteiger partial charge in [0.15, 0.2) is 0 Å². The van der Waals surface area contributed by atoms with Crippen LogP contribution in [0.4, 0.5) is 5.69 Å². The van der Waals surface area contributed by atoms with Gasteiger partial charge in [-0.25, -0.2) is 4.98 Å². The zero-order valence-electron chi connectivity index (χ0n) is 15.3. The van der Waals surface area contributed by atoms with Crippen molar-refractivity contribution in [2.45, 2.75) is 33.6 Å². The van der Waals surface area contributed by atoms with Crippen LogP contribution in [0.25, 0.3) is 16.6 Å². The molecule has 0 bridgehead atoms. The van der Waals surface area contributed by atoms with Crippen LogP contribution in [0.2, 0.25) is 0 Å². The summed E-state index contributed by atoms with van der Waals surface area (Å²) < 4.78 is 1.59. The average Bonchev–Trinajstić information content (AvgIpc) is 2.64. The minimum Gasteiger partial charge on any atom is -0.326 e. The van der Waals surface area contributed by atoms with E-state index in [1.165, 1.54) is 0 Å². The SMILES string of the molecule is CCC(CC)C(=O)Nc1ccc(-n2c(C)nc3ccccc3c2=O)cc1. The number of hydrogen-bond acceptors (Lipinski definition) is 3. The maximum absolute atomic E-state index is 12.8. The van der Waals surface area contributed by atoms with Crippen molar-refractivity contribution in [1.29, 1.82) is 0 Å². The van der Waals surface area contributed by atoms with E-state index in [-0.39, 0.29) is 17.4 Å². The molecule has 1 heterocycles. The predicted molar refractivity (Wildman–Crippen MR) is 105 cm³/mol. The maximum atomic E-state index is 12.8. The molecule has 3 rings (SSSR count). The van der Waals surface area contributed by atoms with Gasteiger partial charge in [0.25, 0.3) is 5.56 Å².